The van der Waals surface area contributed by atoms with Gasteiger partial charge in [-0.15, -0.1) is 0 Å². The third-order valence-electron chi connectivity index (χ3n) is 3.14. The largest absolute Gasteiger partial charge is 0.368 e. The van der Waals surface area contributed by atoms with Crippen molar-refractivity contribution in [3.05, 3.63) is 24.3 Å². The molecule has 2 aliphatic rings. The highest BCUT2D eigenvalue weighted by Gasteiger charge is 2.44. The van der Waals surface area contributed by atoms with Crippen LogP contribution in [0.25, 0.3) is 0 Å². The van der Waals surface area contributed by atoms with Crippen molar-refractivity contribution in [1.29, 1.82) is 0 Å². The zero-order valence-corrected chi connectivity index (χ0v) is 8.34. The molecule has 1 amide bonds. The van der Waals surface area contributed by atoms with Crippen molar-refractivity contribution in [2.75, 3.05) is 23.7 Å². The van der Waals surface area contributed by atoms with E-state index in [1.54, 1.807) is 0 Å². The van der Waals surface area contributed by atoms with Gasteiger partial charge in [0, 0.05) is 6.54 Å². The first-order valence-electron chi connectivity index (χ1n) is 5.20. The van der Waals surface area contributed by atoms with Crippen molar-refractivity contribution in [3.8, 4) is 0 Å². The van der Waals surface area contributed by atoms with Crippen molar-refractivity contribution in [3.63, 3.8) is 0 Å². The van der Waals surface area contributed by atoms with Gasteiger partial charge in [0.15, 0.2) is 0 Å². The maximum Gasteiger partial charge on any atom is 0.251 e. The molecule has 1 aromatic rings. The molecule has 15 heavy (non-hydrogen) atoms. The molecular formula is C11H13N3O. The number of carbonyl (C=O) groups excluding carboxylic acids is 1. The maximum atomic E-state index is 12.0. The number of benzene rings is 1. The number of para-hydroxylation sites is 2. The molecule has 0 aliphatic carbocycles. The molecular weight excluding hydrogens is 190 g/mol. The summed E-state index contributed by atoms with van der Waals surface area (Å²) in [7, 11) is 0. The summed E-state index contributed by atoms with van der Waals surface area (Å²) >= 11 is 0. The number of hydrogen-bond donors (Lipinski definition) is 3. The van der Waals surface area contributed by atoms with Crippen LogP contribution in [0.15, 0.2) is 24.3 Å². The van der Waals surface area contributed by atoms with Crippen LogP contribution in [0.5, 0.6) is 0 Å². The topological polar surface area (TPSA) is 53.2 Å². The van der Waals surface area contributed by atoms with Crippen LogP contribution < -0.4 is 16.0 Å². The monoisotopic (exact) mass is 203 g/mol. The minimum absolute atomic E-state index is 0.0752. The zero-order chi connectivity index (χ0) is 10.3. The summed E-state index contributed by atoms with van der Waals surface area (Å²) < 4.78 is 0. The summed E-state index contributed by atoms with van der Waals surface area (Å²) in [6.07, 6.45) is 0.840. The van der Waals surface area contributed by atoms with E-state index in [2.05, 4.69) is 16.0 Å². The third-order valence-corrected chi connectivity index (χ3v) is 3.14. The lowest BCUT2D eigenvalue weighted by Crippen LogP contribution is -2.53. The highest BCUT2D eigenvalue weighted by Crippen LogP contribution is 2.33. The highest BCUT2D eigenvalue weighted by atomic mass is 16.2. The van der Waals surface area contributed by atoms with Crippen LogP contribution in [0.2, 0.25) is 0 Å². The average molecular weight is 203 g/mol. The Morgan fingerprint density at radius 3 is 2.73 bits per heavy atom. The molecule has 78 valence electrons. The van der Waals surface area contributed by atoms with E-state index in [-0.39, 0.29) is 5.91 Å². The number of amides is 1. The van der Waals surface area contributed by atoms with Gasteiger partial charge in [0.25, 0.3) is 5.91 Å². The minimum atomic E-state index is -0.436. The van der Waals surface area contributed by atoms with E-state index >= 15 is 0 Å². The first-order chi connectivity index (χ1) is 7.30. The number of hydrogen-bond acceptors (Lipinski definition) is 3. The van der Waals surface area contributed by atoms with Crippen LogP contribution in [0, 0.1) is 0 Å². The van der Waals surface area contributed by atoms with E-state index in [0.29, 0.717) is 6.54 Å². The lowest BCUT2D eigenvalue weighted by atomic mass is 9.94. The van der Waals surface area contributed by atoms with Gasteiger partial charge in [0.05, 0.1) is 11.4 Å². The average Bonchev–Trinajstić information content (AvgIpc) is 2.70. The SMILES string of the molecule is O=C1Nc2ccccc2NC12CCNC2. The van der Waals surface area contributed by atoms with Crippen LogP contribution in [-0.2, 0) is 4.79 Å². The summed E-state index contributed by atoms with van der Waals surface area (Å²) in [6, 6.07) is 7.80. The standard InChI is InChI=1S/C11H13N3O/c15-10-11(5-6-12-7-11)14-9-4-2-1-3-8(9)13-10/h1-4,12,14H,5-7H2,(H,13,15). The Hall–Kier alpha value is -1.55. The molecule has 3 N–H and O–H groups in total. The van der Waals surface area contributed by atoms with Gasteiger partial charge < -0.3 is 16.0 Å². The normalized spacial score (nSPS) is 28.4. The quantitative estimate of drug-likeness (QED) is 0.584. The molecule has 1 fully saturated rings. The van der Waals surface area contributed by atoms with Crippen LogP contribution in [0.4, 0.5) is 11.4 Å². The van der Waals surface area contributed by atoms with E-state index in [1.807, 2.05) is 24.3 Å². The van der Waals surface area contributed by atoms with E-state index in [0.717, 1.165) is 24.3 Å². The molecule has 1 saturated heterocycles. The molecule has 4 heteroatoms. The van der Waals surface area contributed by atoms with Crippen LogP contribution in [0.3, 0.4) is 0 Å². The molecule has 3 rings (SSSR count). The first-order valence-corrected chi connectivity index (χ1v) is 5.20. The molecule has 1 spiro atoms. The van der Waals surface area contributed by atoms with Crippen LogP contribution in [-0.4, -0.2) is 24.5 Å². The molecule has 1 unspecified atom stereocenters. The number of rotatable bonds is 0. The fourth-order valence-electron chi connectivity index (χ4n) is 2.25. The van der Waals surface area contributed by atoms with E-state index in [9.17, 15) is 4.79 Å². The smallest absolute Gasteiger partial charge is 0.251 e. The molecule has 2 heterocycles. The van der Waals surface area contributed by atoms with E-state index < -0.39 is 5.54 Å². The Bertz CT molecular complexity index is 410. The predicted molar refractivity (Wildman–Crippen MR) is 58.9 cm³/mol. The van der Waals surface area contributed by atoms with E-state index in [4.69, 9.17) is 0 Å². The summed E-state index contributed by atoms with van der Waals surface area (Å²) in [4.78, 5) is 12.0. The van der Waals surface area contributed by atoms with Crippen molar-refractivity contribution in [2.45, 2.75) is 12.0 Å². The van der Waals surface area contributed by atoms with Gasteiger partial charge in [-0.2, -0.15) is 0 Å². The fourth-order valence-corrected chi connectivity index (χ4v) is 2.25. The van der Waals surface area contributed by atoms with Crippen molar-refractivity contribution >= 4 is 17.3 Å². The number of anilines is 2. The molecule has 1 aromatic carbocycles. The Morgan fingerprint density at radius 1 is 1.20 bits per heavy atom. The van der Waals surface area contributed by atoms with Gasteiger partial charge >= 0.3 is 0 Å². The number of nitrogens with one attached hydrogen (secondary N) is 3. The Labute approximate surface area is 88.1 Å². The van der Waals surface area contributed by atoms with Crippen LogP contribution in [0.1, 0.15) is 6.42 Å². The molecule has 2 aliphatic heterocycles. The molecule has 0 radical (unpaired) electrons. The molecule has 0 saturated carbocycles. The second-order valence-corrected chi connectivity index (χ2v) is 4.13. The summed E-state index contributed by atoms with van der Waals surface area (Å²) in [5, 5.41) is 9.52. The molecule has 1 atom stereocenters. The summed E-state index contributed by atoms with van der Waals surface area (Å²) in [5.74, 6) is 0.0752. The third kappa shape index (κ3) is 1.22. The van der Waals surface area contributed by atoms with Crippen molar-refractivity contribution in [1.82, 2.24) is 5.32 Å². The second-order valence-electron chi connectivity index (χ2n) is 4.13. The Morgan fingerprint density at radius 2 is 2.00 bits per heavy atom. The van der Waals surface area contributed by atoms with Gasteiger partial charge in [-0.1, -0.05) is 12.1 Å². The van der Waals surface area contributed by atoms with Crippen molar-refractivity contribution in [2.24, 2.45) is 0 Å². The lowest BCUT2D eigenvalue weighted by molar-refractivity contribution is -0.120. The zero-order valence-electron chi connectivity index (χ0n) is 8.34. The predicted octanol–water partition coefficient (Wildman–Crippen LogP) is 0.783. The molecule has 0 bridgehead atoms. The van der Waals surface area contributed by atoms with Crippen LogP contribution >= 0.6 is 0 Å². The van der Waals surface area contributed by atoms with Gasteiger partial charge in [-0.05, 0) is 25.1 Å². The van der Waals surface area contributed by atoms with E-state index in [1.165, 1.54) is 0 Å². The fraction of sp³-hybridized carbons (Fsp3) is 0.364. The Balaban J connectivity index is 2.02. The van der Waals surface area contributed by atoms with Gasteiger partial charge in [0.2, 0.25) is 0 Å². The summed E-state index contributed by atoms with van der Waals surface area (Å²) in [6.45, 7) is 1.59. The highest BCUT2D eigenvalue weighted by molar-refractivity contribution is 6.06. The maximum absolute atomic E-state index is 12.0. The Kier molecular flexibility index (Phi) is 1.73. The second kappa shape index (κ2) is 2.97. The van der Waals surface area contributed by atoms with Crippen molar-refractivity contribution < 1.29 is 4.79 Å². The number of carbonyl (C=O) groups is 1. The van der Waals surface area contributed by atoms with Gasteiger partial charge in [-0.25, -0.2) is 0 Å². The minimum Gasteiger partial charge on any atom is -0.368 e. The lowest BCUT2D eigenvalue weighted by Gasteiger charge is -2.34. The number of fused-ring (bicyclic) bond motifs is 1. The van der Waals surface area contributed by atoms with Gasteiger partial charge in [-0.3, -0.25) is 4.79 Å². The van der Waals surface area contributed by atoms with Gasteiger partial charge in [0.1, 0.15) is 5.54 Å². The molecule has 4 nitrogen and oxygen atoms in total. The molecule has 0 aromatic heterocycles. The first kappa shape index (κ1) is 8.73. The summed E-state index contributed by atoms with van der Waals surface area (Å²) in [5.41, 5.74) is 1.45.